The fourth-order valence-electron chi connectivity index (χ4n) is 2.98. The molecular weight excluding hydrogens is 274 g/mol. The third kappa shape index (κ3) is 2.32. The molecule has 6 heteroatoms. The van der Waals surface area contributed by atoms with E-state index in [1.54, 1.807) is 16.2 Å². The maximum Gasteiger partial charge on any atom is 0.224 e. The third-order valence-corrected chi connectivity index (χ3v) is 5.58. The molecule has 0 saturated carbocycles. The van der Waals surface area contributed by atoms with Crippen molar-refractivity contribution < 1.29 is 9.59 Å². The lowest BCUT2D eigenvalue weighted by atomic mass is 10.0. The second-order valence-corrected chi connectivity index (χ2v) is 6.77. The Hall–Kier alpha value is -1.43. The van der Waals surface area contributed by atoms with Crippen LogP contribution < -0.4 is 5.73 Å². The topological polar surface area (TPSA) is 76.3 Å². The summed E-state index contributed by atoms with van der Waals surface area (Å²) in [6.45, 7) is 2.42. The van der Waals surface area contributed by atoms with Gasteiger partial charge in [-0.05, 0) is 32.6 Å². The summed E-state index contributed by atoms with van der Waals surface area (Å²) in [5.74, 6) is -0.722. The molecule has 1 aliphatic carbocycles. The van der Waals surface area contributed by atoms with Crippen molar-refractivity contribution in [2.24, 2.45) is 11.7 Å². The van der Waals surface area contributed by atoms with Gasteiger partial charge < -0.3 is 10.6 Å². The smallest absolute Gasteiger partial charge is 0.224 e. The highest BCUT2D eigenvalue weighted by molar-refractivity contribution is 7.11. The normalized spacial score (nSPS) is 23.8. The van der Waals surface area contributed by atoms with Crippen molar-refractivity contribution in [2.45, 2.75) is 45.1 Å². The lowest BCUT2D eigenvalue weighted by molar-refractivity contribution is -0.130. The number of likely N-dealkylation sites (tertiary alicyclic amines) is 1. The van der Waals surface area contributed by atoms with Gasteiger partial charge in [0.2, 0.25) is 11.8 Å². The number of primary amides is 1. The van der Waals surface area contributed by atoms with Gasteiger partial charge in [0, 0.05) is 17.8 Å². The molecule has 0 spiro atoms. The highest BCUT2D eigenvalue weighted by Gasteiger charge is 2.37. The Kier molecular flexibility index (Phi) is 3.50. The minimum absolute atomic E-state index is 0.00877. The molecule has 0 aromatic carbocycles. The van der Waals surface area contributed by atoms with Gasteiger partial charge in [0.15, 0.2) is 0 Å². The maximum atomic E-state index is 12.0. The van der Waals surface area contributed by atoms with Gasteiger partial charge in [0.05, 0.1) is 17.7 Å². The number of hydrogen-bond acceptors (Lipinski definition) is 4. The Morgan fingerprint density at radius 3 is 2.85 bits per heavy atom. The van der Waals surface area contributed by atoms with Gasteiger partial charge in [-0.1, -0.05) is 0 Å². The summed E-state index contributed by atoms with van der Waals surface area (Å²) in [6, 6.07) is -0.0533. The molecule has 2 aliphatic rings. The maximum absolute atomic E-state index is 12.0. The highest BCUT2D eigenvalue weighted by Crippen LogP contribution is 2.34. The lowest BCUT2D eigenvalue weighted by Gasteiger charge is -2.22. The molecule has 3 rings (SSSR count). The van der Waals surface area contributed by atoms with Crippen molar-refractivity contribution in [3.8, 4) is 0 Å². The molecule has 0 bridgehead atoms. The predicted molar refractivity (Wildman–Crippen MR) is 76.2 cm³/mol. The van der Waals surface area contributed by atoms with Crippen LogP contribution in [-0.4, -0.2) is 28.2 Å². The summed E-state index contributed by atoms with van der Waals surface area (Å²) in [7, 11) is 0. The van der Waals surface area contributed by atoms with Gasteiger partial charge in [-0.15, -0.1) is 11.3 Å². The van der Waals surface area contributed by atoms with Crippen molar-refractivity contribution in [1.29, 1.82) is 0 Å². The van der Waals surface area contributed by atoms with Gasteiger partial charge >= 0.3 is 0 Å². The second-order valence-electron chi connectivity index (χ2n) is 5.65. The van der Waals surface area contributed by atoms with E-state index in [-0.39, 0.29) is 30.2 Å². The van der Waals surface area contributed by atoms with Crippen LogP contribution in [0, 0.1) is 5.92 Å². The predicted octanol–water partition coefficient (Wildman–Crippen LogP) is 1.42. The summed E-state index contributed by atoms with van der Waals surface area (Å²) in [5.41, 5.74) is 6.52. The Balaban J connectivity index is 1.78. The highest BCUT2D eigenvalue weighted by atomic mass is 32.1. The number of carbonyl (C=O) groups excluding carboxylic acids is 2. The zero-order valence-electron chi connectivity index (χ0n) is 11.6. The molecule has 20 heavy (non-hydrogen) atoms. The van der Waals surface area contributed by atoms with Crippen molar-refractivity contribution >= 4 is 23.2 Å². The van der Waals surface area contributed by atoms with Gasteiger partial charge in [-0.3, -0.25) is 9.59 Å². The molecule has 1 aromatic heterocycles. The van der Waals surface area contributed by atoms with Gasteiger partial charge in [0.25, 0.3) is 0 Å². The third-order valence-electron chi connectivity index (χ3n) is 4.25. The first kappa shape index (κ1) is 13.5. The van der Waals surface area contributed by atoms with Crippen molar-refractivity contribution in [3.05, 3.63) is 15.6 Å². The number of nitrogens with zero attached hydrogens (tertiary/aromatic N) is 2. The molecule has 108 valence electrons. The molecule has 1 aromatic rings. The molecule has 2 heterocycles. The molecular formula is C14H19N3O2S. The Morgan fingerprint density at radius 1 is 1.45 bits per heavy atom. The molecule has 2 unspecified atom stereocenters. The summed E-state index contributed by atoms with van der Waals surface area (Å²) >= 11 is 1.72. The van der Waals surface area contributed by atoms with Crippen LogP contribution in [0.15, 0.2) is 0 Å². The van der Waals surface area contributed by atoms with Gasteiger partial charge in [-0.25, -0.2) is 4.98 Å². The molecule has 0 radical (unpaired) electrons. The summed E-state index contributed by atoms with van der Waals surface area (Å²) in [5, 5.41) is 0.996. The Morgan fingerprint density at radius 2 is 2.20 bits per heavy atom. The zero-order chi connectivity index (χ0) is 14.3. The number of aromatic nitrogens is 1. The van der Waals surface area contributed by atoms with Crippen LogP contribution >= 0.6 is 11.3 Å². The minimum atomic E-state index is -0.383. The number of fused-ring (bicyclic) bond motifs is 1. The lowest BCUT2D eigenvalue weighted by Crippen LogP contribution is -2.30. The number of carbonyl (C=O) groups is 2. The van der Waals surface area contributed by atoms with Crippen LogP contribution in [0.4, 0.5) is 0 Å². The average Bonchev–Trinajstić information content (AvgIpc) is 3.01. The first-order valence-corrected chi connectivity index (χ1v) is 7.95. The molecule has 1 fully saturated rings. The van der Waals surface area contributed by atoms with Crippen LogP contribution in [0.5, 0.6) is 0 Å². The second kappa shape index (κ2) is 5.16. The number of rotatable bonds is 3. The van der Waals surface area contributed by atoms with E-state index in [0.717, 1.165) is 17.8 Å². The number of amides is 2. The van der Waals surface area contributed by atoms with E-state index in [1.165, 1.54) is 23.4 Å². The summed E-state index contributed by atoms with van der Waals surface area (Å²) < 4.78 is 0. The van der Waals surface area contributed by atoms with Gasteiger partial charge in [-0.2, -0.15) is 0 Å². The molecule has 5 nitrogen and oxygen atoms in total. The van der Waals surface area contributed by atoms with Crippen LogP contribution in [0.1, 0.15) is 47.8 Å². The summed E-state index contributed by atoms with van der Waals surface area (Å²) in [6.07, 6.45) is 4.84. The number of thiazole rings is 1. The molecule has 2 amide bonds. The number of hydrogen-bond donors (Lipinski definition) is 1. The first-order valence-electron chi connectivity index (χ1n) is 7.13. The van der Waals surface area contributed by atoms with E-state index in [2.05, 4.69) is 0 Å². The molecule has 2 N–H and O–H groups in total. The van der Waals surface area contributed by atoms with E-state index in [0.29, 0.717) is 6.54 Å². The molecule has 2 atom stereocenters. The first-order chi connectivity index (χ1) is 9.56. The fourth-order valence-corrected chi connectivity index (χ4v) is 4.20. The SMILES string of the molecule is CC(c1nc2c(s1)CCCC2)N1CC(C(N)=O)CC1=O. The number of aryl methyl sites for hydroxylation is 2. The van der Waals surface area contributed by atoms with Crippen LogP contribution in [-0.2, 0) is 22.4 Å². The number of nitrogens with two attached hydrogens (primary N) is 1. The minimum Gasteiger partial charge on any atom is -0.369 e. The average molecular weight is 293 g/mol. The molecule has 1 saturated heterocycles. The van der Waals surface area contributed by atoms with E-state index < -0.39 is 0 Å². The standard InChI is InChI=1S/C14H19N3O2S/c1-8(17-7-9(13(15)19)6-12(17)18)14-16-10-4-2-3-5-11(10)20-14/h8-9H,2-7H2,1H3,(H2,15,19). The van der Waals surface area contributed by atoms with Crippen molar-refractivity contribution in [1.82, 2.24) is 9.88 Å². The van der Waals surface area contributed by atoms with E-state index in [4.69, 9.17) is 10.7 Å². The van der Waals surface area contributed by atoms with E-state index in [9.17, 15) is 9.59 Å². The van der Waals surface area contributed by atoms with E-state index in [1.807, 2.05) is 6.92 Å². The zero-order valence-corrected chi connectivity index (χ0v) is 12.4. The largest absolute Gasteiger partial charge is 0.369 e. The molecule has 1 aliphatic heterocycles. The Bertz CT molecular complexity index is 531. The fraction of sp³-hybridized carbons (Fsp3) is 0.643. The van der Waals surface area contributed by atoms with Crippen LogP contribution in [0.2, 0.25) is 0 Å². The van der Waals surface area contributed by atoms with Crippen LogP contribution in [0.25, 0.3) is 0 Å². The van der Waals surface area contributed by atoms with Crippen LogP contribution in [0.3, 0.4) is 0 Å². The van der Waals surface area contributed by atoms with E-state index >= 15 is 0 Å². The van der Waals surface area contributed by atoms with Crippen molar-refractivity contribution in [2.75, 3.05) is 6.54 Å². The monoisotopic (exact) mass is 293 g/mol. The summed E-state index contributed by atoms with van der Waals surface area (Å²) in [4.78, 5) is 31.1. The Labute approximate surface area is 122 Å². The van der Waals surface area contributed by atoms with Gasteiger partial charge in [0.1, 0.15) is 5.01 Å². The van der Waals surface area contributed by atoms with Crippen molar-refractivity contribution in [3.63, 3.8) is 0 Å². The quantitative estimate of drug-likeness (QED) is 0.915.